The minimum Gasteiger partial charge on any atom is -0.436 e. The Labute approximate surface area is 185 Å². The van der Waals surface area contributed by atoms with E-state index in [0.29, 0.717) is 22.3 Å². The fraction of sp³-hybridized carbons (Fsp3) is 0.143. The SMILES string of the molecule is O=c1[nH]/c(=N\c2ccc(Oc3ccon3)cc2)n(Cc2ccc(Cl)cc2)c(=O)n1CCO. The smallest absolute Gasteiger partial charge is 0.335 e. The number of nitrogens with one attached hydrogen (secondary N) is 1. The van der Waals surface area contributed by atoms with Gasteiger partial charge in [-0.15, -0.1) is 0 Å². The van der Waals surface area contributed by atoms with Gasteiger partial charge in [0.25, 0.3) is 5.88 Å². The summed E-state index contributed by atoms with van der Waals surface area (Å²) in [7, 11) is 0. The van der Waals surface area contributed by atoms with E-state index in [9.17, 15) is 14.7 Å². The Morgan fingerprint density at radius 2 is 1.81 bits per heavy atom. The van der Waals surface area contributed by atoms with Crippen LogP contribution in [0.25, 0.3) is 0 Å². The van der Waals surface area contributed by atoms with Crippen LogP contribution in [0.2, 0.25) is 5.02 Å². The van der Waals surface area contributed by atoms with Gasteiger partial charge < -0.3 is 14.4 Å². The van der Waals surface area contributed by atoms with Crippen LogP contribution in [0.3, 0.4) is 0 Å². The Bertz CT molecular complexity index is 1370. The first-order chi connectivity index (χ1) is 15.5. The molecule has 0 aliphatic rings. The fourth-order valence-electron chi connectivity index (χ4n) is 2.94. The molecule has 2 aromatic heterocycles. The molecule has 10 nitrogen and oxygen atoms in total. The summed E-state index contributed by atoms with van der Waals surface area (Å²) < 4.78 is 12.5. The molecule has 164 valence electrons. The number of aromatic nitrogens is 4. The summed E-state index contributed by atoms with van der Waals surface area (Å²) >= 11 is 5.94. The van der Waals surface area contributed by atoms with Crippen molar-refractivity contribution in [2.45, 2.75) is 13.1 Å². The van der Waals surface area contributed by atoms with Crippen LogP contribution in [0.4, 0.5) is 5.69 Å². The lowest BCUT2D eigenvalue weighted by atomic mass is 10.2. The first-order valence-electron chi connectivity index (χ1n) is 9.56. The average Bonchev–Trinajstić information content (AvgIpc) is 3.30. The first kappa shape index (κ1) is 21.3. The largest absolute Gasteiger partial charge is 0.436 e. The molecule has 0 unspecified atom stereocenters. The third-order valence-corrected chi connectivity index (χ3v) is 4.72. The van der Waals surface area contributed by atoms with Crippen LogP contribution < -0.4 is 21.7 Å². The van der Waals surface area contributed by atoms with Gasteiger partial charge in [-0.25, -0.2) is 19.1 Å². The molecule has 0 saturated heterocycles. The van der Waals surface area contributed by atoms with Gasteiger partial charge in [-0.1, -0.05) is 23.7 Å². The van der Waals surface area contributed by atoms with Crippen LogP contribution in [-0.4, -0.2) is 31.0 Å². The first-order valence-corrected chi connectivity index (χ1v) is 9.93. The number of hydrogen-bond donors (Lipinski definition) is 2. The fourth-order valence-corrected chi connectivity index (χ4v) is 3.07. The molecule has 0 saturated carbocycles. The van der Waals surface area contributed by atoms with Crippen molar-refractivity contribution in [3.8, 4) is 11.6 Å². The molecule has 0 amide bonds. The molecule has 2 heterocycles. The number of benzene rings is 2. The minimum absolute atomic E-state index is 0.0642. The second-order valence-electron chi connectivity index (χ2n) is 6.67. The lowest BCUT2D eigenvalue weighted by molar-refractivity contribution is 0.268. The minimum atomic E-state index is -0.666. The predicted molar refractivity (Wildman–Crippen MR) is 115 cm³/mol. The maximum absolute atomic E-state index is 13.0. The summed E-state index contributed by atoms with van der Waals surface area (Å²) in [6, 6.07) is 15.2. The topological polar surface area (TPSA) is 128 Å². The summed E-state index contributed by atoms with van der Waals surface area (Å²) in [5, 5.41) is 13.5. The van der Waals surface area contributed by atoms with E-state index in [1.165, 1.54) is 10.8 Å². The van der Waals surface area contributed by atoms with E-state index < -0.39 is 11.4 Å². The molecule has 2 N–H and O–H groups in total. The zero-order chi connectivity index (χ0) is 22.5. The van der Waals surface area contributed by atoms with Gasteiger partial charge in [0.1, 0.15) is 12.0 Å². The summed E-state index contributed by atoms with van der Waals surface area (Å²) in [4.78, 5) is 32.4. The molecule has 0 atom stereocenters. The van der Waals surface area contributed by atoms with Crippen molar-refractivity contribution in [1.29, 1.82) is 0 Å². The van der Waals surface area contributed by atoms with Crippen LogP contribution in [0.1, 0.15) is 5.56 Å². The van der Waals surface area contributed by atoms with Gasteiger partial charge in [0.05, 0.1) is 25.4 Å². The Morgan fingerprint density at radius 1 is 1.06 bits per heavy atom. The number of H-pyrrole nitrogens is 1. The lowest BCUT2D eigenvalue weighted by Gasteiger charge is -2.10. The number of hydrogen-bond acceptors (Lipinski definition) is 7. The van der Waals surface area contributed by atoms with Crippen molar-refractivity contribution in [3.05, 3.63) is 98.0 Å². The quantitative estimate of drug-likeness (QED) is 0.439. The van der Waals surface area contributed by atoms with E-state index in [1.54, 1.807) is 54.6 Å². The third-order valence-electron chi connectivity index (χ3n) is 4.47. The number of nitrogens with zero attached hydrogens (tertiary/aromatic N) is 4. The molecule has 0 radical (unpaired) electrons. The molecule has 2 aromatic carbocycles. The summed E-state index contributed by atoms with van der Waals surface area (Å²) in [5.41, 5.74) is 0.0714. The molecule has 0 spiro atoms. The van der Waals surface area contributed by atoms with E-state index in [0.717, 1.165) is 10.1 Å². The van der Waals surface area contributed by atoms with Gasteiger partial charge in [0.15, 0.2) is 0 Å². The Hall–Kier alpha value is -3.89. The number of rotatable bonds is 7. The highest BCUT2D eigenvalue weighted by atomic mass is 35.5. The Kier molecular flexibility index (Phi) is 6.34. The van der Waals surface area contributed by atoms with Crippen molar-refractivity contribution in [1.82, 2.24) is 19.3 Å². The van der Waals surface area contributed by atoms with Crippen molar-refractivity contribution in [2.75, 3.05) is 6.61 Å². The summed E-state index contributed by atoms with van der Waals surface area (Å²) in [5.74, 6) is 0.825. The molecule has 4 rings (SSSR count). The maximum atomic E-state index is 13.0. The molecule has 4 aromatic rings. The summed E-state index contributed by atoms with van der Waals surface area (Å²) in [6.45, 7) is -0.346. The third kappa shape index (κ3) is 4.88. The molecule has 11 heteroatoms. The lowest BCUT2D eigenvalue weighted by Crippen LogP contribution is -2.50. The Balaban J connectivity index is 1.74. The van der Waals surface area contributed by atoms with E-state index in [2.05, 4.69) is 15.1 Å². The van der Waals surface area contributed by atoms with Crippen molar-refractivity contribution in [2.24, 2.45) is 4.99 Å². The van der Waals surface area contributed by atoms with Gasteiger partial charge in [0.2, 0.25) is 5.62 Å². The number of aromatic amines is 1. The molecule has 0 aliphatic carbocycles. The molecular weight excluding hydrogens is 438 g/mol. The molecule has 32 heavy (non-hydrogen) atoms. The highest BCUT2D eigenvalue weighted by molar-refractivity contribution is 6.30. The van der Waals surface area contributed by atoms with Gasteiger partial charge in [-0.2, -0.15) is 0 Å². The van der Waals surface area contributed by atoms with Crippen molar-refractivity contribution in [3.63, 3.8) is 0 Å². The Morgan fingerprint density at radius 3 is 2.47 bits per heavy atom. The van der Waals surface area contributed by atoms with Crippen LogP contribution in [0, 0.1) is 0 Å². The normalized spacial score (nSPS) is 11.6. The predicted octanol–water partition coefficient (Wildman–Crippen LogP) is 2.04. The van der Waals surface area contributed by atoms with E-state index in [1.807, 2.05) is 0 Å². The highest BCUT2D eigenvalue weighted by Gasteiger charge is 2.10. The van der Waals surface area contributed by atoms with Crippen LogP contribution in [0.15, 0.2) is 80.0 Å². The zero-order valence-electron chi connectivity index (χ0n) is 16.6. The van der Waals surface area contributed by atoms with E-state index in [-0.39, 0.29) is 25.3 Å². The second kappa shape index (κ2) is 9.50. The van der Waals surface area contributed by atoms with Crippen LogP contribution in [-0.2, 0) is 13.1 Å². The summed E-state index contributed by atoms with van der Waals surface area (Å²) in [6.07, 6.45) is 1.40. The van der Waals surface area contributed by atoms with Gasteiger partial charge in [0, 0.05) is 11.1 Å². The van der Waals surface area contributed by atoms with Crippen LogP contribution in [0.5, 0.6) is 11.6 Å². The molecular formula is C21H18ClN5O5. The number of aliphatic hydroxyl groups is 1. The van der Waals surface area contributed by atoms with E-state index >= 15 is 0 Å². The van der Waals surface area contributed by atoms with Crippen molar-refractivity contribution < 1.29 is 14.4 Å². The van der Waals surface area contributed by atoms with Gasteiger partial charge in [-0.05, 0) is 47.1 Å². The monoisotopic (exact) mass is 455 g/mol. The zero-order valence-corrected chi connectivity index (χ0v) is 17.4. The number of halogens is 1. The van der Waals surface area contributed by atoms with E-state index in [4.69, 9.17) is 20.9 Å². The maximum Gasteiger partial charge on any atom is 0.335 e. The average molecular weight is 456 g/mol. The standard InChI is InChI=1S/C21H18ClN5O5/c22-15-3-1-14(2-4-15)13-27-19(24-20(29)26(10-11-28)21(27)30)23-16-5-7-17(8-6-16)32-18-9-12-31-25-18/h1-9,12,28H,10-11,13H2,(H,23,24,29). The van der Waals surface area contributed by atoms with Gasteiger partial charge >= 0.3 is 11.4 Å². The van der Waals surface area contributed by atoms with Crippen molar-refractivity contribution >= 4 is 17.3 Å². The van der Waals surface area contributed by atoms with Gasteiger partial charge in [-0.3, -0.25) is 9.55 Å². The molecule has 0 fully saturated rings. The highest BCUT2D eigenvalue weighted by Crippen LogP contribution is 2.22. The number of aliphatic hydroxyl groups excluding tert-OH is 1. The molecule has 0 bridgehead atoms. The van der Waals surface area contributed by atoms with Crippen LogP contribution >= 0.6 is 11.6 Å². The second-order valence-corrected chi connectivity index (χ2v) is 7.11. The number of ether oxygens (including phenoxy) is 1. The molecule has 0 aliphatic heterocycles.